The molecule has 18 heavy (non-hydrogen) atoms. The summed E-state index contributed by atoms with van der Waals surface area (Å²) in [6.07, 6.45) is 10.4. The van der Waals surface area contributed by atoms with Gasteiger partial charge in [0, 0.05) is 6.54 Å². The minimum absolute atomic E-state index is 0.0794. The zero-order valence-electron chi connectivity index (χ0n) is 10.8. The molecule has 1 aromatic heterocycles. The SMILES string of the molecule is C[n+]1ccn(C(=O)N2CCOC3CCCCC32)c1. The van der Waals surface area contributed by atoms with Gasteiger partial charge in [0.2, 0.25) is 0 Å². The van der Waals surface area contributed by atoms with Crippen molar-refractivity contribution in [1.29, 1.82) is 0 Å². The van der Waals surface area contributed by atoms with Crippen molar-refractivity contribution in [3.63, 3.8) is 0 Å². The van der Waals surface area contributed by atoms with E-state index in [1.165, 1.54) is 12.8 Å². The number of nitrogens with zero attached hydrogens (tertiary/aromatic N) is 3. The van der Waals surface area contributed by atoms with E-state index in [1.807, 2.05) is 35.2 Å². The van der Waals surface area contributed by atoms with Crippen LogP contribution in [0.5, 0.6) is 0 Å². The van der Waals surface area contributed by atoms with Gasteiger partial charge in [-0.2, -0.15) is 4.57 Å². The first kappa shape index (κ1) is 11.7. The number of carbonyl (C=O) groups excluding carboxylic acids is 1. The predicted octanol–water partition coefficient (Wildman–Crippen LogP) is 0.924. The summed E-state index contributed by atoms with van der Waals surface area (Å²) >= 11 is 0. The summed E-state index contributed by atoms with van der Waals surface area (Å²) < 4.78 is 9.34. The third-order valence-electron chi connectivity index (χ3n) is 3.97. The number of hydrogen-bond donors (Lipinski definition) is 0. The largest absolute Gasteiger partial charge is 0.416 e. The monoisotopic (exact) mass is 250 g/mol. The summed E-state index contributed by atoms with van der Waals surface area (Å²) in [7, 11) is 1.92. The molecule has 0 N–H and O–H groups in total. The molecule has 2 atom stereocenters. The second kappa shape index (κ2) is 4.72. The third kappa shape index (κ3) is 2.03. The van der Waals surface area contributed by atoms with E-state index < -0.39 is 0 Å². The van der Waals surface area contributed by atoms with E-state index >= 15 is 0 Å². The lowest BCUT2D eigenvalue weighted by Gasteiger charge is -2.42. The van der Waals surface area contributed by atoms with Crippen molar-refractivity contribution in [1.82, 2.24) is 9.47 Å². The second-order valence-electron chi connectivity index (χ2n) is 5.22. The molecule has 5 nitrogen and oxygen atoms in total. The van der Waals surface area contributed by atoms with Crippen LogP contribution >= 0.6 is 0 Å². The van der Waals surface area contributed by atoms with Gasteiger partial charge in [-0.25, -0.2) is 9.36 Å². The Morgan fingerprint density at radius 1 is 1.39 bits per heavy atom. The van der Waals surface area contributed by atoms with E-state index in [2.05, 4.69) is 0 Å². The van der Waals surface area contributed by atoms with E-state index in [9.17, 15) is 4.79 Å². The molecule has 1 saturated heterocycles. The minimum atomic E-state index is 0.0794. The zero-order chi connectivity index (χ0) is 12.5. The van der Waals surface area contributed by atoms with Crippen LogP contribution in [0, 0.1) is 0 Å². The van der Waals surface area contributed by atoms with E-state index in [1.54, 1.807) is 4.57 Å². The van der Waals surface area contributed by atoms with Gasteiger partial charge in [0.1, 0.15) is 12.4 Å². The van der Waals surface area contributed by atoms with Gasteiger partial charge in [-0.3, -0.25) is 4.90 Å². The molecule has 98 valence electrons. The summed E-state index contributed by atoms with van der Waals surface area (Å²) in [5.74, 6) is 0. The summed E-state index contributed by atoms with van der Waals surface area (Å²) in [6.45, 7) is 1.38. The molecule has 1 amide bonds. The van der Waals surface area contributed by atoms with Crippen molar-refractivity contribution in [2.24, 2.45) is 7.05 Å². The number of morpholine rings is 1. The lowest BCUT2D eigenvalue weighted by molar-refractivity contribution is -0.670. The first-order valence-electron chi connectivity index (χ1n) is 6.71. The van der Waals surface area contributed by atoms with Crippen molar-refractivity contribution in [2.75, 3.05) is 13.2 Å². The lowest BCUT2D eigenvalue weighted by atomic mass is 9.90. The molecule has 0 bridgehead atoms. The maximum Gasteiger partial charge on any atom is 0.416 e. The van der Waals surface area contributed by atoms with Crippen LogP contribution < -0.4 is 4.57 Å². The topological polar surface area (TPSA) is 38.3 Å². The minimum Gasteiger partial charge on any atom is -0.374 e. The Morgan fingerprint density at radius 3 is 3.00 bits per heavy atom. The highest BCUT2D eigenvalue weighted by molar-refractivity contribution is 5.77. The van der Waals surface area contributed by atoms with Gasteiger partial charge in [-0.15, -0.1) is 0 Å². The Morgan fingerprint density at radius 2 is 2.22 bits per heavy atom. The van der Waals surface area contributed by atoms with Crippen LogP contribution in [0.3, 0.4) is 0 Å². The Balaban J connectivity index is 1.79. The van der Waals surface area contributed by atoms with Crippen LogP contribution in [0.1, 0.15) is 25.7 Å². The summed E-state index contributed by atoms with van der Waals surface area (Å²) in [5, 5.41) is 0. The number of carbonyl (C=O) groups is 1. The standard InChI is InChI=1S/C13H20N3O2/c1-14-6-7-15(10-14)13(17)16-8-9-18-12-5-3-2-4-11(12)16/h6-7,10-12H,2-5,8-9H2,1H3/q+1. The summed E-state index contributed by atoms with van der Waals surface area (Å²) in [4.78, 5) is 14.5. The van der Waals surface area contributed by atoms with Crippen molar-refractivity contribution in [2.45, 2.75) is 37.8 Å². The quantitative estimate of drug-likeness (QED) is 0.642. The number of aromatic nitrogens is 2. The van der Waals surface area contributed by atoms with Gasteiger partial charge in [0.15, 0.2) is 0 Å². The fourth-order valence-electron chi connectivity index (χ4n) is 3.05. The molecular weight excluding hydrogens is 230 g/mol. The molecule has 2 heterocycles. The highest BCUT2D eigenvalue weighted by Crippen LogP contribution is 2.28. The van der Waals surface area contributed by atoms with Crippen LogP contribution in [-0.4, -0.2) is 40.8 Å². The number of imidazole rings is 1. The highest BCUT2D eigenvalue weighted by Gasteiger charge is 2.38. The average Bonchev–Trinajstić information content (AvgIpc) is 2.84. The lowest BCUT2D eigenvalue weighted by Crippen LogP contribution is -2.55. The van der Waals surface area contributed by atoms with Crippen LogP contribution in [0.4, 0.5) is 4.79 Å². The fourth-order valence-corrected chi connectivity index (χ4v) is 3.05. The van der Waals surface area contributed by atoms with E-state index in [-0.39, 0.29) is 18.2 Å². The maximum atomic E-state index is 12.5. The van der Waals surface area contributed by atoms with Gasteiger partial charge >= 0.3 is 6.03 Å². The molecule has 1 saturated carbocycles. The molecule has 0 spiro atoms. The van der Waals surface area contributed by atoms with Gasteiger partial charge in [-0.1, -0.05) is 12.8 Å². The van der Waals surface area contributed by atoms with Gasteiger partial charge in [0.25, 0.3) is 6.33 Å². The smallest absolute Gasteiger partial charge is 0.374 e. The molecule has 2 fully saturated rings. The Bertz CT molecular complexity index is 441. The average molecular weight is 250 g/mol. The molecule has 1 aliphatic heterocycles. The Labute approximate surface area is 107 Å². The Kier molecular flexibility index (Phi) is 3.07. The van der Waals surface area contributed by atoms with Crippen LogP contribution in [0.2, 0.25) is 0 Å². The predicted molar refractivity (Wildman–Crippen MR) is 65.1 cm³/mol. The number of aryl methyl sites for hydroxylation is 1. The summed E-state index contributed by atoms with van der Waals surface area (Å²) in [5.41, 5.74) is 0. The molecular formula is C13H20N3O2+. The zero-order valence-corrected chi connectivity index (χ0v) is 10.8. The highest BCUT2D eigenvalue weighted by atomic mass is 16.5. The van der Waals surface area contributed by atoms with Gasteiger partial charge in [0.05, 0.1) is 25.8 Å². The van der Waals surface area contributed by atoms with Gasteiger partial charge < -0.3 is 4.74 Å². The van der Waals surface area contributed by atoms with Crippen molar-refractivity contribution < 1.29 is 14.1 Å². The number of amides is 1. The van der Waals surface area contributed by atoms with Gasteiger partial charge in [-0.05, 0) is 12.8 Å². The normalized spacial score (nSPS) is 27.9. The Hall–Kier alpha value is -1.36. The van der Waals surface area contributed by atoms with Crippen LogP contribution in [0.15, 0.2) is 18.7 Å². The maximum absolute atomic E-state index is 12.5. The van der Waals surface area contributed by atoms with Crippen molar-refractivity contribution in [3.05, 3.63) is 18.7 Å². The molecule has 3 rings (SSSR count). The second-order valence-corrected chi connectivity index (χ2v) is 5.22. The first-order valence-corrected chi connectivity index (χ1v) is 6.71. The molecule has 1 aromatic rings. The van der Waals surface area contributed by atoms with Crippen molar-refractivity contribution in [3.8, 4) is 0 Å². The van der Waals surface area contributed by atoms with E-state index in [0.717, 1.165) is 12.8 Å². The molecule has 2 aliphatic rings. The molecule has 2 unspecified atom stereocenters. The fraction of sp³-hybridized carbons (Fsp3) is 0.692. The van der Waals surface area contributed by atoms with Crippen molar-refractivity contribution >= 4 is 6.03 Å². The summed E-state index contributed by atoms with van der Waals surface area (Å²) in [6, 6.07) is 0.350. The number of hydrogen-bond acceptors (Lipinski definition) is 2. The van der Waals surface area contributed by atoms with Crippen LogP contribution in [0.25, 0.3) is 0 Å². The van der Waals surface area contributed by atoms with Crippen LogP contribution in [-0.2, 0) is 11.8 Å². The molecule has 1 aliphatic carbocycles. The molecule has 0 aromatic carbocycles. The third-order valence-corrected chi connectivity index (χ3v) is 3.97. The first-order chi connectivity index (χ1) is 8.75. The number of fused-ring (bicyclic) bond motifs is 1. The molecule has 0 radical (unpaired) electrons. The van der Waals surface area contributed by atoms with E-state index in [4.69, 9.17) is 4.74 Å². The van der Waals surface area contributed by atoms with E-state index in [0.29, 0.717) is 13.2 Å². The number of ether oxygens (including phenoxy) is 1. The molecule has 5 heteroatoms. The number of rotatable bonds is 0.